The average molecular weight is 342 g/mol. The molecule has 0 saturated heterocycles. The van der Waals surface area contributed by atoms with E-state index in [9.17, 15) is 4.79 Å². The van der Waals surface area contributed by atoms with Crippen LogP contribution < -0.4 is 15.4 Å². The minimum atomic E-state index is -0.233. The molecule has 0 heterocycles. The number of hydrogen-bond acceptors (Lipinski definition) is 3. The van der Waals surface area contributed by atoms with Gasteiger partial charge in [0.15, 0.2) is 0 Å². The Balaban J connectivity index is 1.92. The first-order valence-electron chi connectivity index (χ1n) is 8.43. The monoisotopic (exact) mass is 342 g/mol. The predicted octanol–water partition coefficient (Wildman–Crippen LogP) is 3.23. The smallest absolute Gasteiger partial charge is 0.315 e. The molecule has 5 heteroatoms. The SMILES string of the molecule is Cc1cc(C)cc(C(C)NC(=O)NCc2ccccc2OCCO)c1. The molecule has 0 spiro atoms. The van der Waals surface area contributed by atoms with Crippen LogP contribution in [0.15, 0.2) is 42.5 Å². The number of amides is 2. The van der Waals surface area contributed by atoms with Gasteiger partial charge in [-0.2, -0.15) is 0 Å². The summed E-state index contributed by atoms with van der Waals surface area (Å²) in [6.07, 6.45) is 0. The summed E-state index contributed by atoms with van der Waals surface area (Å²) >= 11 is 0. The topological polar surface area (TPSA) is 70.6 Å². The van der Waals surface area contributed by atoms with Crippen LogP contribution >= 0.6 is 0 Å². The van der Waals surface area contributed by atoms with E-state index in [4.69, 9.17) is 9.84 Å². The van der Waals surface area contributed by atoms with Crippen LogP contribution in [-0.2, 0) is 6.54 Å². The molecule has 25 heavy (non-hydrogen) atoms. The summed E-state index contributed by atoms with van der Waals surface area (Å²) in [4.78, 5) is 12.2. The highest BCUT2D eigenvalue weighted by molar-refractivity contribution is 5.74. The van der Waals surface area contributed by atoms with Crippen molar-refractivity contribution in [3.63, 3.8) is 0 Å². The Bertz CT molecular complexity index is 696. The lowest BCUT2D eigenvalue weighted by atomic mass is 10.0. The third kappa shape index (κ3) is 5.80. The van der Waals surface area contributed by atoms with Crippen LogP contribution in [0, 0.1) is 13.8 Å². The lowest BCUT2D eigenvalue weighted by Crippen LogP contribution is -2.36. The number of aliphatic hydroxyl groups is 1. The Hall–Kier alpha value is -2.53. The number of aliphatic hydroxyl groups excluding tert-OH is 1. The van der Waals surface area contributed by atoms with Gasteiger partial charge in [-0.3, -0.25) is 0 Å². The fraction of sp³-hybridized carbons (Fsp3) is 0.350. The summed E-state index contributed by atoms with van der Waals surface area (Å²) in [6.45, 7) is 6.60. The first-order chi connectivity index (χ1) is 12.0. The number of hydrogen-bond donors (Lipinski definition) is 3. The Labute approximate surface area is 149 Å². The number of carbonyl (C=O) groups is 1. The molecule has 0 aliphatic carbocycles. The molecule has 2 rings (SSSR count). The molecule has 2 amide bonds. The molecule has 1 atom stereocenters. The van der Waals surface area contributed by atoms with E-state index in [2.05, 4.69) is 28.8 Å². The molecule has 0 bridgehead atoms. The fourth-order valence-electron chi connectivity index (χ4n) is 2.71. The van der Waals surface area contributed by atoms with Crippen LogP contribution in [0.25, 0.3) is 0 Å². The van der Waals surface area contributed by atoms with E-state index in [1.807, 2.05) is 45.0 Å². The van der Waals surface area contributed by atoms with Gasteiger partial charge < -0.3 is 20.5 Å². The molecule has 0 aliphatic rings. The maximum absolute atomic E-state index is 12.2. The molecule has 0 radical (unpaired) electrons. The maximum atomic E-state index is 12.2. The molecule has 1 unspecified atom stereocenters. The van der Waals surface area contributed by atoms with Crippen LogP contribution in [0.5, 0.6) is 5.75 Å². The van der Waals surface area contributed by atoms with Crippen molar-refractivity contribution in [2.75, 3.05) is 13.2 Å². The van der Waals surface area contributed by atoms with Gasteiger partial charge in [0.05, 0.1) is 12.6 Å². The summed E-state index contributed by atoms with van der Waals surface area (Å²) in [5, 5.41) is 14.7. The normalized spacial score (nSPS) is 11.7. The van der Waals surface area contributed by atoms with E-state index in [0.717, 1.165) is 11.1 Å². The van der Waals surface area contributed by atoms with Crippen molar-refractivity contribution in [2.24, 2.45) is 0 Å². The highest BCUT2D eigenvalue weighted by Crippen LogP contribution is 2.18. The van der Waals surface area contributed by atoms with Crippen LogP contribution in [-0.4, -0.2) is 24.4 Å². The van der Waals surface area contributed by atoms with Crippen molar-refractivity contribution in [3.8, 4) is 5.75 Å². The Morgan fingerprint density at radius 2 is 1.84 bits per heavy atom. The first-order valence-corrected chi connectivity index (χ1v) is 8.43. The van der Waals surface area contributed by atoms with Gasteiger partial charge >= 0.3 is 6.03 Å². The van der Waals surface area contributed by atoms with Crippen LogP contribution in [0.3, 0.4) is 0 Å². The lowest BCUT2D eigenvalue weighted by molar-refractivity contribution is 0.200. The van der Waals surface area contributed by atoms with E-state index in [1.54, 1.807) is 0 Å². The number of para-hydroxylation sites is 1. The zero-order valence-electron chi connectivity index (χ0n) is 15.0. The van der Waals surface area contributed by atoms with Crippen molar-refractivity contribution in [1.82, 2.24) is 10.6 Å². The molecule has 0 saturated carbocycles. The molecule has 134 valence electrons. The van der Waals surface area contributed by atoms with Gasteiger partial charge in [-0.1, -0.05) is 47.5 Å². The van der Waals surface area contributed by atoms with E-state index in [-0.39, 0.29) is 25.3 Å². The van der Waals surface area contributed by atoms with E-state index >= 15 is 0 Å². The number of rotatable bonds is 7. The third-order valence-electron chi connectivity index (χ3n) is 3.85. The van der Waals surface area contributed by atoms with Crippen molar-refractivity contribution in [1.29, 1.82) is 0 Å². The number of urea groups is 1. The molecule has 2 aromatic rings. The third-order valence-corrected chi connectivity index (χ3v) is 3.85. The maximum Gasteiger partial charge on any atom is 0.315 e. The second-order valence-electron chi connectivity index (χ2n) is 6.15. The largest absolute Gasteiger partial charge is 0.491 e. The predicted molar refractivity (Wildman–Crippen MR) is 98.7 cm³/mol. The Kier molecular flexibility index (Phi) is 6.83. The van der Waals surface area contributed by atoms with E-state index in [0.29, 0.717) is 12.3 Å². The standard InChI is InChI=1S/C20H26N2O3/c1-14-10-15(2)12-18(11-14)16(3)22-20(24)21-13-17-6-4-5-7-19(17)25-9-8-23/h4-7,10-12,16,23H,8-9,13H2,1-3H3,(H2,21,22,24). The van der Waals surface area contributed by atoms with Crippen LogP contribution in [0.1, 0.15) is 35.2 Å². The molecule has 2 aromatic carbocycles. The van der Waals surface area contributed by atoms with Gasteiger partial charge in [0.25, 0.3) is 0 Å². The van der Waals surface area contributed by atoms with E-state index in [1.165, 1.54) is 11.1 Å². The summed E-state index contributed by atoms with van der Waals surface area (Å²) < 4.78 is 5.47. The highest BCUT2D eigenvalue weighted by atomic mass is 16.5. The molecular formula is C20H26N2O3. The summed E-state index contributed by atoms with van der Waals surface area (Å²) in [5.74, 6) is 0.666. The van der Waals surface area contributed by atoms with Crippen molar-refractivity contribution >= 4 is 6.03 Å². The number of aryl methyl sites for hydroxylation is 2. The van der Waals surface area contributed by atoms with E-state index < -0.39 is 0 Å². The number of nitrogens with one attached hydrogen (secondary N) is 2. The number of benzene rings is 2. The van der Waals surface area contributed by atoms with Gasteiger partial charge in [-0.05, 0) is 32.4 Å². The van der Waals surface area contributed by atoms with Crippen LogP contribution in [0.2, 0.25) is 0 Å². The summed E-state index contributed by atoms with van der Waals surface area (Å²) in [6, 6.07) is 13.4. The summed E-state index contributed by atoms with van der Waals surface area (Å²) in [7, 11) is 0. The summed E-state index contributed by atoms with van der Waals surface area (Å²) in [5.41, 5.74) is 4.31. The fourth-order valence-corrected chi connectivity index (χ4v) is 2.71. The number of ether oxygens (including phenoxy) is 1. The zero-order valence-corrected chi connectivity index (χ0v) is 15.0. The molecule has 0 aromatic heterocycles. The van der Waals surface area contributed by atoms with Gasteiger partial charge in [-0.25, -0.2) is 4.79 Å². The molecule has 0 fully saturated rings. The van der Waals surface area contributed by atoms with Gasteiger partial charge in [0.1, 0.15) is 12.4 Å². The van der Waals surface area contributed by atoms with Crippen LogP contribution in [0.4, 0.5) is 4.79 Å². The lowest BCUT2D eigenvalue weighted by Gasteiger charge is -2.17. The zero-order chi connectivity index (χ0) is 18.2. The Morgan fingerprint density at radius 3 is 2.52 bits per heavy atom. The molecule has 0 aliphatic heterocycles. The minimum absolute atomic E-state index is 0.0460. The minimum Gasteiger partial charge on any atom is -0.491 e. The van der Waals surface area contributed by atoms with Gasteiger partial charge in [0.2, 0.25) is 0 Å². The van der Waals surface area contributed by atoms with Crippen molar-refractivity contribution in [2.45, 2.75) is 33.4 Å². The average Bonchev–Trinajstić information content (AvgIpc) is 2.58. The van der Waals surface area contributed by atoms with Crippen molar-refractivity contribution < 1.29 is 14.6 Å². The quantitative estimate of drug-likeness (QED) is 0.723. The first kappa shape index (κ1) is 18.8. The van der Waals surface area contributed by atoms with Gasteiger partial charge in [0, 0.05) is 12.1 Å². The second kappa shape index (κ2) is 9.08. The molecular weight excluding hydrogens is 316 g/mol. The Morgan fingerprint density at radius 1 is 1.16 bits per heavy atom. The molecule has 3 N–H and O–H groups in total. The van der Waals surface area contributed by atoms with Gasteiger partial charge in [-0.15, -0.1) is 0 Å². The number of carbonyl (C=O) groups excluding carboxylic acids is 1. The van der Waals surface area contributed by atoms with Crippen molar-refractivity contribution in [3.05, 3.63) is 64.7 Å². The highest BCUT2D eigenvalue weighted by Gasteiger charge is 2.11. The molecule has 5 nitrogen and oxygen atoms in total. The second-order valence-corrected chi connectivity index (χ2v) is 6.15.